The summed E-state index contributed by atoms with van der Waals surface area (Å²) < 4.78 is 6.00. The van der Waals surface area contributed by atoms with Crippen molar-refractivity contribution < 1.29 is 4.42 Å². The quantitative estimate of drug-likeness (QED) is 0.773. The van der Waals surface area contributed by atoms with Crippen LogP contribution in [0.25, 0.3) is 12.2 Å². The van der Waals surface area contributed by atoms with E-state index in [1.54, 1.807) is 0 Å². The van der Waals surface area contributed by atoms with E-state index in [0.29, 0.717) is 10.7 Å². The third kappa shape index (κ3) is 2.72. The maximum atomic E-state index is 6.00. The highest BCUT2D eigenvalue weighted by Crippen LogP contribution is 2.28. The Hall–Kier alpha value is -1.55. The Morgan fingerprint density at radius 2 is 1.91 bits per heavy atom. The maximum absolute atomic E-state index is 6.00. The molecule has 1 saturated heterocycles. The van der Waals surface area contributed by atoms with Gasteiger partial charge in [-0.1, -0.05) is 34.1 Å². The van der Waals surface area contributed by atoms with E-state index in [0.717, 1.165) is 49.0 Å². The van der Waals surface area contributed by atoms with Gasteiger partial charge in [0.1, 0.15) is 5.35 Å². The molecule has 1 fully saturated rings. The van der Waals surface area contributed by atoms with Crippen LogP contribution < -0.4 is 15.7 Å². The van der Waals surface area contributed by atoms with E-state index < -0.39 is 0 Å². The molecule has 4 rings (SSSR count). The minimum atomic E-state index is 0.387. The maximum Gasteiger partial charge on any atom is 0.198 e. The SMILES string of the molecule is BrC1C=c2nc(C3CCN(c4ccccc4)CC3)oc2=CC1. The molecule has 1 unspecified atom stereocenters. The number of anilines is 1. The van der Waals surface area contributed by atoms with E-state index >= 15 is 0 Å². The molecule has 4 heteroatoms. The molecule has 22 heavy (non-hydrogen) atoms. The molecule has 114 valence electrons. The first-order valence-corrected chi connectivity index (χ1v) is 8.84. The number of hydrogen-bond donors (Lipinski definition) is 0. The molecule has 2 aliphatic rings. The molecule has 0 N–H and O–H groups in total. The Bertz CT molecular complexity index is 760. The second kappa shape index (κ2) is 5.92. The van der Waals surface area contributed by atoms with Crippen LogP contribution >= 0.6 is 15.9 Å². The van der Waals surface area contributed by atoms with Crippen LogP contribution in [0.1, 0.15) is 31.1 Å². The van der Waals surface area contributed by atoms with Gasteiger partial charge >= 0.3 is 0 Å². The van der Waals surface area contributed by atoms with Crippen molar-refractivity contribution in [2.24, 2.45) is 0 Å². The lowest BCUT2D eigenvalue weighted by Crippen LogP contribution is -2.33. The Morgan fingerprint density at radius 3 is 2.68 bits per heavy atom. The standard InChI is InChI=1S/C18H19BrN2O/c19-14-6-7-17-16(12-14)20-18(22-17)13-8-10-21(11-9-13)15-4-2-1-3-5-15/h1-5,7,12-14H,6,8-11H2. The van der Waals surface area contributed by atoms with E-state index in [9.17, 15) is 0 Å². The lowest BCUT2D eigenvalue weighted by atomic mass is 9.96. The van der Waals surface area contributed by atoms with Gasteiger partial charge in [-0.2, -0.15) is 0 Å². The van der Waals surface area contributed by atoms with Crippen molar-refractivity contribution >= 4 is 33.8 Å². The summed E-state index contributed by atoms with van der Waals surface area (Å²) in [5.41, 5.74) is 2.27. The molecule has 2 heterocycles. The van der Waals surface area contributed by atoms with Crippen LogP contribution in [0.3, 0.4) is 0 Å². The normalized spacial score (nSPS) is 21.9. The number of benzene rings is 1. The van der Waals surface area contributed by atoms with Crippen molar-refractivity contribution in [2.45, 2.75) is 30.0 Å². The van der Waals surface area contributed by atoms with Gasteiger partial charge in [-0.15, -0.1) is 0 Å². The van der Waals surface area contributed by atoms with Crippen LogP contribution in [0, 0.1) is 0 Å². The monoisotopic (exact) mass is 358 g/mol. The fraction of sp³-hybridized carbons (Fsp3) is 0.389. The largest absolute Gasteiger partial charge is 0.441 e. The van der Waals surface area contributed by atoms with Crippen molar-refractivity contribution in [1.29, 1.82) is 0 Å². The lowest BCUT2D eigenvalue weighted by molar-refractivity contribution is 0.381. The predicted octanol–water partition coefficient (Wildman–Crippen LogP) is 2.79. The first-order valence-electron chi connectivity index (χ1n) is 7.92. The van der Waals surface area contributed by atoms with E-state index in [-0.39, 0.29) is 0 Å². The van der Waals surface area contributed by atoms with Gasteiger partial charge in [0.2, 0.25) is 0 Å². The Morgan fingerprint density at radius 1 is 1.14 bits per heavy atom. The molecule has 2 aromatic rings. The van der Waals surface area contributed by atoms with Crippen molar-refractivity contribution in [3.8, 4) is 0 Å². The van der Waals surface area contributed by atoms with Crippen molar-refractivity contribution in [3.63, 3.8) is 0 Å². The van der Waals surface area contributed by atoms with Gasteiger partial charge in [0, 0.05) is 29.5 Å². The summed E-state index contributed by atoms with van der Waals surface area (Å²) in [5, 5.41) is 1.01. The molecule has 0 saturated carbocycles. The molecule has 1 aromatic carbocycles. The smallest absolute Gasteiger partial charge is 0.198 e. The van der Waals surface area contributed by atoms with Crippen LogP contribution in [0.4, 0.5) is 5.69 Å². The Balaban J connectivity index is 1.50. The minimum Gasteiger partial charge on any atom is -0.441 e. The zero-order valence-electron chi connectivity index (χ0n) is 12.4. The molecule has 1 aliphatic heterocycles. The van der Waals surface area contributed by atoms with E-state index in [2.05, 4.69) is 63.3 Å². The first-order chi connectivity index (χ1) is 10.8. The second-order valence-electron chi connectivity index (χ2n) is 6.02. The van der Waals surface area contributed by atoms with Crippen LogP contribution in [-0.2, 0) is 0 Å². The molecule has 0 spiro atoms. The zero-order valence-corrected chi connectivity index (χ0v) is 14.0. The van der Waals surface area contributed by atoms with E-state index in [1.807, 2.05) is 0 Å². The van der Waals surface area contributed by atoms with E-state index in [4.69, 9.17) is 9.40 Å². The highest BCUT2D eigenvalue weighted by Gasteiger charge is 2.24. The summed E-state index contributed by atoms with van der Waals surface area (Å²) in [5.74, 6) is 1.37. The molecule has 1 atom stereocenters. The van der Waals surface area contributed by atoms with Crippen LogP contribution in [0.15, 0.2) is 34.7 Å². The van der Waals surface area contributed by atoms with E-state index in [1.165, 1.54) is 5.69 Å². The number of nitrogens with zero attached hydrogens (tertiary/aromatic N) is 2. The lowest BCUT2D eigenvalue weighted by Gasteiger charge is -2.32. The van der Waals surface area contributed by atoms with Gasteiger partial charge in [0.05, 0.1) is 0 Å². The summed E-state index contributed by atoms with van der Waals surface area (Å²) in [6.07, 6.45) is 7.48. The summed E-state index contributed by atoms with van der Waals surface area (Å²) >= 11 is 3.62. The Labute approximate surface area is 138 Å². The van der Waals surface area contributed by atoms with Crippen molar-refractivity contribution in [1.82, 2.24) is 4.98 Å². The average Bonchev–Trinajstić information content (AvgIpc) is 2.99. The number of aromatic nitrogens is 1. The molecule has 1 aromatic heterocycles. The molecular weight excluding hydrogens is 340 g/mol. The topological polar surface area (TPSA) is 29.3 Å². The summed E-state index contributed by atoms with van der Waals surface area (Å²) in [7, 11) is 0. The average molecular weight is 359 g/mol. The van der Waals surface area contributed by atoms with Gasteiger partial charge in [-0.25, -0.2) is 4.98 Å². The fourth-order valence-electron chi connectivity index (χ4n) is 3.28. The molecule has 0 radical (unpaired) electrons. The molecular formula is C18H19BrN2O. The summed E-state index contributed by atoms with van der Waals surface area (Å²) in [6.45, 7) is 2.13. The van der Waals surface area contributed by atoms with Crippen molar-refractivity contribution in [2.75, 3.05) is 18.0 Å². The predicted molar refractivity (Wildman–Crippen MR) is 92.6 cm³/mol. The molecule has 0 amide bonds. The Kier molecular flexibility index (Phi) is 3.78. The third-order valence-corrected chi connectivity index (χ3v) is 5.17. The molecule has 3 nitrogen and oxygen atoms in total. The number of halogens is 1. The van der Waals surface area contributed by atoms with Crippen LogP contribution in [0.2, 0.25) is 0 Å². The fourth-order valence-corrected chi connectivity index (χ4v) is 3.72. The van der Waals surface area contributed by atoms with Crippen LogP contribution in [0.5, 0.6) is 0 Å². The first kappa shape index (κ1) is 14.1. The van der Waals surface area contributed by atoms with Gasteiger partial charge in [0.25, 0.3) is 0 Å². The number of oxazole rings is 1. The number of fused-ring (bicyclic) bond motifs is 1. The van der Waals surface area contributed by atoms with Crippen LogP contribution in [-0.4, -0.2) is 22.9 Å². The summed E-state index contributed by atoms with van der Waals surface area (Å²) in [4.78, 5) is 7.56. The minimum absolute atomic E-state index is 0.387. The van der Waals surface area contributed by atoms with Crippen molar-refractivity contribution in [3.05, 3.63) is 47.0 Å². The second-order valence-corrected chi connectivity index (χ2v) is 7.20. The third-order valence-electron chi connectivity index (χ3n) is 4.53. The molecule has 1 aliphatic carbocycles. The number of piperidine rings is 1. The highest BCUT2D eigenvalue weighted by molar-refractivity contribution is 9.09. The summed E-state index contributed by atoms with van der Waals surface area (Å²) in [6, 6.07) is 10.6. The number of hydrogen-bond acceptors (Lipinski definition) is 3. The van der Waals surface area contributed by atoms with Gasteiger partial charge < -0.3 is 9.32 Å². The zero-order chi connectivity index (χ0) is 14.9. The van der Waals surface area contributed by atoms with Gasteiger partial charge in [0.15, 0.2) is 11.3 Å². The highest BCUT2D eigenvalue weighted by atomic mass is 79.9. The number of alkyl halides is 1. The van der Waals surface area contributed by atoms with Gasteiger partial charge in [-0.05, 0) is 43.5 Å². The number of para-hydroxylation sites is 1. The van der Waals surface area contributed by atoms with Gasteiger partial charge in [-0.3, -0.25) is 0 Å². The number of rotatable bonds is 2. The molecule has 0 bridgehead atoms.